The van der Waals surface area contributed by atoms with Crippen molar-refractivity contribution in [2.45, 2.75) is 13.8 Å². The van der Waals surface area contributed by atoms with E-state index >= 15 is 0 Å². The molecule has 2 N–H and O–H groups in total. The number of para-hydroxylation sites is 2. The van der Waals surface area contributed by atoms with Gasteiger partial charge in [0.05, 0.1) is 10.8 Å². The standard InChI is InChI=1S/C20H18N2O2/c1-13-11-15-7-3-5-9-17(15)21(23)19(13)20-14(2)12-16-8-4-6-10-18(16)22(20)24/h3-12,23-24H,1-2H3/q+2. The predicted octanol–water partition coefficient (Wildman–Crippen LogP) is 3.33. The minimum Gasteiger partial charge on any atom is -0.284 e. The van der Waals surface area contributed by atoms with Gasteiger partial charge in [0.15, 0.2) is 0 Å². The van der Waals surface area contributed by atoms with Crippen LogP contribution >= 0.6 is 0 Å². The molecular formula is C20H18N2O2+2. The molecule has 118 valence electrons. The Hall–Kier alpha value is -3.14. The topological polar surface area (TPSA) is 48.2 Å². The lowest BCUT2D eigenvalue weighted by Gasteiger charge is -2.05. The molecule has 0 bridgehead atoms. The Bertz CT molecular complexity index is 1010. The maximum absolute atomic E-state index is 10.8. The first-order valence-electron chi connectivity index (χ1n) is 7.85. The van der Waals surface area contributed by atoms with Crippen molar-refractivity contribution >= 4 is 21.8 Å². The summed E-state index contributed by atoms with van der Waals surface area (Å²) >= 11 is 0. The van der Waals surface area contributed by atoms with E-state index in [4.69, 9.17) is 0 Å². The highest BCUT2D eigenvalue weighted by atomic mass is 16.5. The summed E-state index contributed by atoms with van der Waals surface area (Å²) in [5.41, 5.74) is 4.34. The van der Waals surface area contributed by atoms with Gasteiger partial charge in [0.2, 0.25) is 0 Å². The zero-order chi connectivity index (χ0) is 16.8. The molecule has 0 fully saturated rings. The molecule has 0 saturated heterocycles. The van der Waals surface area contributed by atoms with E-state index in [0.717, 1.165) is 31.4 Å². The van der Waals surface area contributed by atoms with Gasteiger partial charge >= 0.3 is 11.4 Å². The van der Waals surface area contributed by atoms with Crippen molar-refractivity contribution in [3.8, 4) is 11.4 Å². The van der Waals surface area contributed by atoms with E-state index in [9.17, 15) is 10.4 Å². The number of aryl methyl sites for hydroxylation is 2. The summed E-state index contributed by atoms with van der Waals surface area (Å²) in [6, 6.07) is 19.3. The Labute approximate surface area is 139 Å². The van der Waals surface area contributed by atoms with Gasteiger partial charge in [0.25, 0.3) is 11.0 Å². The van der Waals surface area contributed by atoms with E-state index in [1.54, 1.807) is 0 Å². The first-order valence-corrected chi connectivity index (χ1v) is 7.85. The summed E-state index contributed by atoms with van der Waals surface area (Å²) in [7, 11) is 0. The van der Waals surface area contributed by atoms with Gasteiger partial charge in [-0.05, 0) is 38.1 Å². The van der Waals surface area contributed by atoms with E-state index in [0.29, 0.717) is 22.4 Å². The number of hydrogen-bond acceptors (Lipinski definition) is 2. The number of benzene rings is 2. The van der Waals surface area contributed by atoms with Crippen molar-refractivity contribution in [3.63, 3.8) is 0 Å². The molecule has 0 aliphatic carbocycles. The predicted molar refractivity (Wildman–Crippen MR) is 91.1 cm³/mol. The molecule has 4 rings (SSSR count). The summed E-state index contributed by atoms with van der Waals surface area (Å²) in [5, 5.41) is 23.5. The molecule has 24 heavy (non-hydrogen) atoms. The Morgan fingerprint density at radius 2 is 1.00 bits per heavy atom. The average molecular weight is 318 g/mol. The largest absolute Gasteiger partial charge is 0.336 e. The van der Waals surface area contributed by atoms with E-state index in [2.05, 4.69) is 0 Å². The second kappa shape index (κ2) is 5.20. The third-order valence-electron chi connectivity index (χ3n) is 4.47. The van der Waals surface area contributed by atoms with Crippen LogP contribution in [0.5, 0.6) is 0 Å². The van der Waals surface area contributed by atoms with Gasteiger partial charge in [0.1, 0.15) is 0 Å². The molecule has 0 atom stereocenters. The highest BCUT2D eigenvalue weighted by molar-refractivity contribution is 5.81. The molecule has 0 radical (unpaired) electrons. The second-order valence-corrected chi connectivity index (χ2v) is 6.09. The monoisotopic (exact) mass is 318 g/mol. The van der Waals surface area contributed by atoms with Crippen LogP contribution in [-0.2, 0) is 0 Å². The van der Waals surface area contributed by atoms with Crippen LogP contribution in [0.25, 0.3) is 33.2 Å². The third kappa shape index (κ3) is 2.00. The Morgan fingerprint density at radius 1 is 0.625 bits per heavy atom. The van der Waals surface area contributed by atoms with E-state index < -0.39 is 0 Å². The molecule has 4 aromatic rings. The minimum absolute atomic E-state index is 0.583. The summed E-state index contributed by atoms with van der Waals surface area (Å²) in [6.45, 7) is 3.87. The molecule has 2 aromatic heterocycles. The number of nitrogens with zero attached hydrogens (tertiary/aromatic N) is 2. The fourth-order valence-corrected chi connectivity index (χ4v) is 3.36. The molecule has 0 aliphatic heterocycles. The molecule has 2 aromatic carbocycles. The van der Waals surface area contributed by atoms with Gasteiger partial charge in [-0.25, -0.2) is 0 Å². The summed E-state index contributed by atoms with van der Waals surface area (Å²) in [5.74, 6) is 0. The van der Waals surface area contributed by atoms with Crippen LogP contribution in [0.15, 0.2) is 60.7 Å². The lowest BCUT2D eigenvalue weighted by molar-refractivity contribution is -0.899. The van der Waals surface area contributed by atoms with Gasteiger partial charge in [-0.15, -0.1) is 0 Å². The van der Waals surface area contributed by atoms with Crippen LogP contribution in [0, 0.1) is 13.8 Å². The van der Waals surface area contributed by atoms with Crippen molar-refractivity contribution in [2.24, 2.45) is 0 Å². The average Bonchev–Trinajstić information content (AvgIpc) is 2.57. The summed E-state index contributed by atoms with van der Waals surface area (Å²) in [4.78, 5) is 0. The van der Waals surface area contributed by atoms with Crippen molar-refractivity contribution in [1.29, 1.82) is 0 Å². The minimum atomic E-state index is 0.583. The molecule has 0 aliphatic rings. The van der Waals surface area contributed by atoms with Crippen molar-refractivity contribution < 1.29 is 19.9 Å². The first kappa shape index (κ1) is 14.5. The lowest BCUT2D eigenvalue weighted by atomic mass is 10.0. The molecule has 4 nitrogen and oxygen atoms in total. The fourth-order valence-electron chi connectivity index (χ4n) is 3.36. The van der Waals surface area contributed by atoms with Gasteiger partial charge in [0, 0.05) is 32.7 Å². The quantitative estimate of drug-likeness (QED) is 0.418. The summed E-state index contributed by atoms with van der Waals surface area (Å²) < 4.78 is 2.32. The zero-order valence-corrected chi connectivity index (χ0v) is 13.6. The molecule has 0 saturated carbocycles. The number of fused-ring (bicyclic) bond motifs is 2. The molecule has 0 unspecified atom stereocenters. The molecular weight excluding hydrogens is 300 g/mol. The molecule has 0 amide bonds. The first-order chi connectivity index (χ1) is 11.6. The number of pyridine rings is 2. The van der Waals surface area contributed by atoms with Crippen LogP contribution in [0.2, 0.25) is 0 Å². The van der Waals surface area contributed by atoms with E-state index in [-0.39, 0.29) is 0 Å². The van der Waals surface area contributed by atoms with Gasteiger partial charge < -0.3 is 0 Å². The number of aromatic nitrogens is 2. The Balaban J connectivity index is 2.14. The normalized spacial score (nSPS) is 11.2. The van der Waals surface area contributed by atoms with E-state index in [1.165, 1.54) is 0 Å². The third-order valence-corrected chi connectivity index (χ3v) is 4.47. The molecule has 2 heterocycles. The highest BCUT2D eigenvalue weighted by Gasteiger charge is 2.33. The van der Waals surface area contributed by atoms with Crippen molar-refractivity contribution in [3.05, 3.63) is 71.8 Å². The van der Waals surface area contributed by atoms with Crippen LogP contribution in [-0.4, -0.2) is 10.4 Å². The van der Waals surface area contributed by atoms with Gasteiger partial charge in [-0.1, -0.05) is 24.3 Å². The number of rotatable bonds is 1. The lowest BCUT2D eigenvalue weighted by Crippen LogP contribution is -2.42. The van der Waals surface area contributed by atoms with Gasteiger partial charge in [-0.2, -0.15) is 0 Å². The van der Waals surface area contributed by atoms with E-state index in [1.807, 2.05) is 74.5 Å². The smallest absolute Gasteiger partial charge is 0.284 e. The second-order valence-electron chi connectivity index (χ2n) is 6.09. The molecule has 4 heteroatoms. The van der Waals surface area contributed by atoms with Gasteiger partial charge in [-0.3, -0.25) is 10.4 Å². The van der Waals surface area contributed by atoms with Crippen LogP contribution in [0.1, 0.15) is 11.1 Å². The SMILES string of the molecule is Cc1cc2ccccc2[n+](O)c1-c1c(C)cc2ccccc2[n+]1O. The molecule has 0 spiro atoms. The maximum Gasteiger partial charge on any atom is 0.336 e. The summed E-state index contributed by atoms with van der Waals surface area (Å²) in [6.07, 6.45) is 0. The number of hydrogen-bond donors (Lipinski definition) is 2. The maximum atomic E-state index is 10.8. The van der Waals surface area contributed by atoms with Crippen LogP contribution < -0.4 is 9.46 Å². The van der Waals surface area contributed by atoms with Crippen LogP contribution in [0.3, 0.4) is 0 Å². The Morgan fingerprint density at radius 3 is 1.42 bits per heavy atom. The fraction of sp³-hybridized carbons (Fsp3) is 0.100. The van der Waals surface area contributed by atoms with Crippen molar-refractivity contribution in [2.75, 3.05) is 0 Å². The Kier molecular flexibility index (Phi) is 3.13. The van der Waals surface area contributed by atoms with Crippen LogP contribution in [0.4, 0.5) is 0 Å². The highest BCUT2D eigenvalue weighted by Crippen LogP contribution is 2.25. The van der Waals surface area contributed by atoms with Crippen molar-refractivity contribution in [1.82, 2.24) is 0 Å². The zero-order valence-electron chi connectivity index (χ0n) is 13.6.